The molecule has 0 bridgehead atoms. The summed E-state index contributed by atoms with van der Waals surface area (Å²) in [6, 6.07) is 4.97. The first kappa shape index (κ1) is 15.5. The predicted molar refractivity (Wildman–Crippen MR) is 76.5 cm³/mol. The summed E-state index contributed by atoms with van der Waals surface area (Å²) in [5.41, 5.74) is 0.947. The molecule has 3 heteroatoms. The first-order chi connectivity index (χ1) is 8.74. The minimum Gasteiger partial charge on any atom is -0.313 e. The highest BCUT2D eigenvalue weighted by Gasteiger charge is 2.00. The van der Waals surface area contributed by atoms with Crippen LogP contribution in [0.3, 0.4) is 0 Å². The van der Waals surface area contributed by atoms with Crippen molar-refractivity contribution >= 4 is 11.6 Å². The predicted octanol–water partition coefficient (Wildman–Crippen LogP) is 4.93. The van der Waals surface area contributed by atoms with E-state index in [1.807, 2.05) is 6.07 Å². The van der Waals surface area contributed by atoms with E-state index in [-0.39, 0.29) is 10.8 Å². The SMILES string of the molecule is CCCCCCCCNCc1ccc(Cl)c(F)c1. The van der Waals surface area contributed by atoms with Gasteiger partial charge in [-0.25, -0.2) is 4.39 Å². The molecule has 0 saturated heterocycles. The van der Waals surface area contributed by atoms with Gasteiger partial charge in [-0.2, -0.15) is 0 Å². The molecule has 0 heterocycles. The van der Waals surface area contributed by atoms with Crippen molar-refractivity contribution in [3.05, 3.63) is 34.6 Å². The Morgan fingerprint density at radius 3 is 2.56 bits per heavy atom. The summed E-state index contributed by atoms with van der Waals surface area (Å²) in [5, 5.41) is 3.52. The van der Waals surface area contributed by atoms with Crippen molar-refractivity contribution in [1.82, 2.24) is 5.32 Å². The van der Waals surface area contributed by atoms with Crippen LogP contribution < -0.4 is 5.32 Å². The van der Waals surface area contributed by atoms with Crippen LogP contribution in [-0.4, -0.2) is 6.54 Å². The molecule has 0 aliphatic rings. The fourth-order valence-electron chi connectivity index (χ4n) is 1.91. The van der Waals surface area contributed by atoms with Crippen LogP contribution >= 0.6 is 11.6 Å². The van der Waals surface area contributed by atoms with E-state index in [0.29, 0.717) is 6.54 Å². The van der Waals surface area contributed by atoms with Crippen LogP contribution in [-0.2, 0) is 6.54 Å². The summed E-state index contributed by atoms with van der Waals surface area (Å²) < 4.78 is 13.2. The molecule has 0 amide bonds. The molecule has 1 rings (SSSR count). The lowest BCUT2D eigenvalue weighted by molar-refractivity contribution is 0.570. The number of hydrogen-bond acceptors (Lipinski definition) is 1. The summed E-state index contributed by atoms with van der Waals surface area (Å²) in [5.74, 6) is -0.337. The van der Waals surface area contributed by atoms with Gasteiger partial charge in [0.2, 0.25) is 0 Å². The summed E-state index contributed by atoms with van der Waals surface area (Å²) in [4.78, 5) is 0. The lowest BCUT2D eigenvalue weighted by atomic mass is 10.1. The van der Waals surface area contributed by atoms with Crippen LogP contribution in [0.25, 0.3) is 0 Å². The molecule has 0 aliphatic heterocycles. The standard InChI is InChI=1S/C15H23ClFN/c1-2-3-4-5-6-7-10-18-12-13-8-9-14(16)15(17)11-13/h8-9,11,18H,2-7,10,12H2,1H3. The van der Waals surface area contributed by atoms with E-state index in [9.17, 15) is 4.39 Å². The summed E-state index contributed by atoms with van der Waals surface area (Å²) in [6.07, 6.45) is 7.78. The smallest absolute Gasteiger partial charge is 0.142 e. The molecule has 1 nitrogen and oxygen atoms in total. The van der Waals surface area contributed by atoms with E-state index in [1.165, 1.54) is 44.6 Å². The Morgan fingerprint density at radius 1 is 1.11 bits per heavy atom. The highest BCUT2D eigenvalue weighted by atomic mass is 35.5. The second kappa shape index (κ2) is 9.35. The summed E-state index contributed by atoms with van der Waals surface area (Å²) >= 11 is 5.63. The minimum absolute atomic E-state index is 0.190. The average Bonchev–Trinajstić information content (AvgIpc) is 2.37. The quantitative estimate of drug-likeness (QED) is 0.628. The number of nitrogens with one attached hydrogen (secondary N) is 1. The zero-order valence-electron chi connectivity index (χ0n) is 11.1. The van der Waals surface area contributed by atoms with Crippen LogP contribution in [0, 0.1) is 5.82 Å². The third-order valence-electron chi connectivity index (χ3n) is 3.02. The van der Waals surface area contributed by atoms with Gasteiger partial charge in [-0.05, 0) is 30.7 Å². The van der Waals surface area contributed by atoms with E-state index in [0.717, 1.165) is 12.1 Å². The molecule has 0 radical (unpaired) electrons. The van der Waals surface area contributed by atoms with Gasteiger partial charge in [-0.1, -0.05) is 56.7 Å². The first-order valence-electron chi connectivity index (χ1n) is 6.88. The second-order valence-electron chi connectivity index (χ2n) is 4.69. The Hall–Kier alpha value is -0.600. The van der Waals surface area contributed by atoms with Crippen LogP contribution in [0.5, 0.6) is 0 Å². The molecule has 0 spiro atoms. The maximum Gasteiger partial charge on any atom is 0.142 e. The molecular formula is C15H23ClFN. The van der Waals surface area contributed by atoms with Crippen LogP contribution in [0.2, 0.25) is 5.02 Å². The van der Waals surface area contributed by atoms with Gasteiger partial charge in [0.1, 0.15) is 5.82 Å². The number of halogens is 2. The van der Waals surface area contributed by atoms with Crippen LogP contribution in [0.1, 0.15) is 51.0 Å². The van der Waals surface area contributed by atoms with Gasteiger partial charge >= 0.3 is 0 Å². The largest absolute Gasteiger partial charge is 0.313 e. The Balaban J connectivity index is 2.05. The van der Waals surface area contributed by atoms with E-state index in [1.54, 1.807) is 6.07 Å². The van der Waals surface area contributed by atoms with E-state index >= 15 is 0 Å². The Labute approximate surface area is 115 Å². The second-order valence-corrected chi connectivity index (χ2v) is 5.10. The fourth-order valence-corrected chi connectivity index (χ4v) is 2.03. The van der Waals surface area contributed by atoms with Gasteiger partial charge in [0.25, 0.3) is 0 Å². The van der Waals surface area contributed by atoms with Gasteiger partial charge in [0.15, 0.2) is 0 Å². The van der Waals surface area contributed by atoms with Crippen LogP contribution in [0.15, 0.2) is 18.2 Å². The van der Waals surface area contributed by atoms with Crippen molar-refractivity contribution in [2.24, 2.45) is 0 Å². The van der Waals surface area contributed by atoms with E-state index in [2.05, 4.69) is 12.2 Å². The summed E-state index contributed by atoms with van der Waals surface area (Å²) in [7, 11) is 0. The maximum absolute atomic E-state index is 13.2. The van der Waals surface area contributed by atoms with Gasteiger partial charge in [-0.3, -0.25) is 0 Å². The number of rotatable bonds is 9. The number of hydrogen-bond donors (Lipinski definition) is 1. The van der Waals surface area contributed by atoms with Crippen molar-refractivity contribution < 1.29 is 4.39 Å². The highest BCUT2D eigenvalue weighted by Crippen LogP contribution is 2.15. The molecule has 0 saturated carbocycles. The van der Waals surface area contributed by atoms with Crippen molar-refractivity contribution in [3.63, 3.8) is 0 Å². The molecule has 1 N–H and O–H groups in total. The molecule has 0 fully saturated rings. The van der Waals surface area contributed by atoms with Crippen molar-refractivity contribution in [2.45, 2.75) is 52.0 Å². The van der Waals surface area contributed by atoms with Gasteiger partial charge in [-0.15, -0.1) is 0 Å². The highest BCUT2D eigenvalue weighted by molar-refractivity contribution is 6.30. The van der Waals surface area contributed by atoms with Crippen molar-refractivity contribution in [3.8, 4) is 0 Å². The molecular weight excluding hydrogens is 249 g/mol. The molecule has 102 valence electrons. The van der Waals surface area contributed by atoms with Crippen molar-refractivity contribution in [2.75, 3.05) is 6.54 Å². The molecule has 0 aliphatic carbocycles. The van der Waals surface area contributed by atoms with Gasteiger partial charge in [0, 0.05) is 6.54 Å². The Bertz CT molecular complexity index is 341. The molecule has 1 aromatic carbocycles. The third kappa shape index (κ3) is 6.36. The van der Waals surface area contributed by atoms with Gasteiger partial charge in [0.05, 0.1) is 5.02 Å². The zero-order valence-corrected chi connectivity index (χ0v) is 11.9. The summed E-state index contributed by atoms with van der Waals surface area (Å²) in [6.45, 7) is 3.94. The molecule has 1 aromatic rings. The third-order valence-corrected chi connectivity index (χ3v) is 3.33. The molecule has 0 aromatic heterocycles. The van der Waals surface area contributed by atoms with Gasteiger partial charge < -0.3 is 5.32 Å². The van der Waals surface area contributed by atoms with Crippen molar-refractivity contribution in [1.29, 1.82) is 0 Å². The first-order valence-corrected chi connectivity index (χ1v) is 7.26. The lowest BCUT2D eigenvalue weighted by Gasteiger charge is -2.05. The van der Waals surface area contributed by atoms with Crippen LogP contribution in [0.4, 0.5) is 4.39 Å². The zero-order chi connectivity index (χ0) is 13.2. The Morgan fingerprint density at radius 2 is 1.83 bits per heavy atom. The molecule has 0 atom stereocenters. The van der Waals surface area contributed by atoms with E-state index in [4.69, 9.17) is 11.6 Å². The normalized spacial score (nSPS) is 10.8. The monoisotopic (exact) mass is 271 g/mol. The fraction of sp³-hybridized carbons (Fsp3) is 0.600. The average molecular weight is 272 g/mol. The Kier molecular flexibility index (Phi) is 8.03. The maximum atomic E-state index is 13.2. The number of benzene rings is 1. The molecule has 0 unspecified atom stereocenters. The lowest BCUT2D eigenvalue weighted by Crippen LogP contribution is -2.14. The topological polar surface area (TPSA) is 12.0 Å². The van der Waals surface area contributed by atoms with E-state index < -0.39 is 0 Å². The molecule has 18 heavy (non-hydrogen) atoms. The number of unbranched alkanes of at least 4 members (excludes halogenated alkanes) is 5. The minimum atomic E-state index is -0.337.